The van der Waals surface area contributed by atoms with Crippen LogP contribution in [0.1, 0.15) is 26.2 Å². The fourth-order valence-electron chi connectivity index (χ4n) is 3.65. The number of fused-ring (bicyclic) bond motifs is 1. The van der Waals surface area contributed by atoms with Crippen molar-refractivity contribution in [1.29, 1.82) is 0 Å². The van der Waals surface area contributed by atoms with E-state index < -0.39 is 35.3 Å². The number of benzene rings is 1. The van der Waals surface area contributed by atoms with Gasteiger partial charge in [-0.2, -0.15) is 0 Å². The SMILES string of the molecule is CCCn1c(=O)c2sc(N3CCCC3)nc2n(CC(=O)Nc2cc(F)cc(F)c2)c1=O. The summed E-state index contributed by atoms with van der Waals surface area (Å²) in [7, 11) is 0. The first kappa shape index (κ1) is 21.2. The Morgan fingerprint density at radius 2 is 1.81 bits per heavy atom. The molecule has 0 radical (unpaired) electrons. The van der Waals surface area contributed by atoms with E-state index in [-0.39, 0.29) is 17.9 Å². The topological polar surface area (TPSA) is 89.2 Å². The lowest BCUT2D eigenvalue weighted by molar-refractivity contribution is -0.116. The number of nitrogens with one attached hydrogen (secondary N) is 1. The van der Waals surface area contributed by atoms with Gasteiger partial charge in [-0.05, 0) is 31.4 Å². The van der Waals surface area contributed by atoms with Gasteiger partial charge in [0.15, 0.2) is 10.8 Å². The normalized spacial score (nSPS) is 13.8. The molecule has 0 saturated carbocycles. The molecule has 1 aliphatic rings. The predicted octanol–water partition coefficient (Wildman–Crippen LogP) is 2.55. The second-order valence-electron chi connectivity index (χ2n) is 7.38. The van der Waals surface area contributed by atoms with Crippen LogP contribution in [0, 0.1) is 11.6 Å². The third-order valence-corrected chi connectivity index (χ3v) is 6.12. The smallest absolute Gasteiger partial charge is 0.333 e. The second kappa shape index (κ2) is 8.58. The van der Waals surface area contributed by atoms with Crippen molar-refractivity contribution >= 4 is 38.4 Å². The Balaban J connectivity index is 1.74. The van der Waals surface area contributed by atoms with Gasteiger partial charge in [0, 0.05) is 31.4 Å². The highest BCUT2D eigenvalue weighted by atomic mass is 32.1. The van der Waals surface area contributed by atoms with Gasteiger partial charge in [0.2, 0.25) is 5.91 Å². The Morgan fingerprint density at radius 3 is 2.45 bits per heavy atom. The number of thiazole rings is 1. The van der Waals surface area contributed by atoms with E-state index >= 15 is 0 Å². The van der Waals surface area contributed by atoms with Crippen LogP contribution in [0.5, 0.6) is 0 Å². The van der Waals surface area contributed by atoms with Gasteiger partial charge in [0.25, 0.3) is 5.56 Å². The van der Waals surface area contributed by atoms with Crippen molar-refractivity contribution in [2.24, 2.45) is 0 Å². The molecule has 3 aromatic rings. The number of hydrogen-bond acceptors (Lipinski definition) is 6. The molecule has 0 atom stereocenters. The Morgan fingerprint density at radius 1 is 1.13 bits per heavy atom. The molecule has 1 saturated heterocycles. The number of aromatic nitrogens is 3. The van der Waals surface area contributed by atoms with Gasteiger partial charge >= 0.3 is 5.69 Å². The Bertz CT molecular complexity index is 1240. The van der Waals surface area contributed by atoms with Crippen LogP contribution in [0.15, 0.2) is 27.8 Å². The summed E-state index contributed by atoms with van der Waals surface area (Å²) in [5, 5.41) is 3.03. The summed E-state index contributed by atoms with van der Waals surface area (Å²) in [5.41, 5.74) is -0.980. The van der Waals surface area contributed by atoms with Gasteiger partial charge in [0.1, 0.15) is 22.9 Å². The molecular weight excluding hydrogens is 428 g/mol. The van der Waals surface area contributed by atoms with Crippen molar-refractivity contribution in [3.8, 4) is 0 Å². The van der Waals surface area contributed by atoms with E-state index in [1.54, 1.807) is 0 Å². The Kier molecular flexibility index (Phi) is 5.86. The first-order valence-corrected chi connectivity index (χ1v) is 10.8. The molecule has 1 fully saturated rings. The summed E-state index contributed by atoms with van der Waals surface area (Å²) in [6.45, 7) is 3.24. The van der Waals surface area contributed by atoms with E-state index in [2.05, 4.69) is 15.2 Å². The molecule has 1 amide bonds. The van der Waals surface area contributed by atoms with Crippen LogP contribution >= 0.6 is 11.3 Å². The highest BCUT2D eigenvalue weighted by Crippen LogP contribution is 2.28. The molecular formula is C20H21F2N5O3S. The van der Waals surface area contributed by atoms with Gasteiger partial charge in [-0.3, -0.25) is 18.7 Å². The zero-order valence-electron chi connectivity index (χ0n) is 16.9. The van der Waals surface area contributed by atoms with E-state index in [4.69, 9.17) is 0 Å². The minimum atomic E-state index is -0.832. The van der Waals surface area contributed by atoms with E-state index in [0.29, 0.717) is 22.3 Å². The molecule has 1 aromatic carbocycles. The third-order valence-electron chi connectivity index (χ3n) is 5.03. The molecule has 2 aromatic heterocycles. The highest BCUT2D eigenvalue weighted by molar-refractivity contribution is 7.22. The molecule has 0 unspecified atom stereocenters. The number of rotatable bonds is 6. The summed E-state index contributed by atoms with van der Waals surface area (Å²) < 4.78 is 29.4. The number of nitrogens with zero attached hydrogens (tertiary/aromatic N) is 4. The first-order chi connectivity index (χ1) is 14.9. The van der Waals surface area contributed by atoms with E-state index in [1.807, 2.05) is 6.92 Å². The zero-order chi connectivity index (χ0) is 22.1. The van der Waals surface area contributed by atoms with Crippen LogP contribution in [0.4, 0.5) is 19.6 Å². The minimum Gasteiger partial charge on any atom is -0.348 e. The van der Waals surface area contributed by atoms with Crippen molar-refractivity contribution in [1.82, 2.24) is 14.1 Å². The Labute approximate surface area is 179 Å². The maximum absolute atomic E-state index is 13.4. The van der Waals surface area contributed by atoms with Crippen molar-refractivity contribution in [3.05, 3.63) is 50.7 Å². The number of halogens is 2. The van der Waals surface area contributed by atoms with E-state index in [0.717, 1.165) is 47.2 Å². The summed E-state index contributed by atoms with van der Waals surface area (Å²) in [6.07, 6.45) is 2.61. The van der Waals surface area contributed by atoms with E-state index in [1.165, 1.54) is 11.3 Å². The van der Waals surface area contributed by atoms with E-state index in [9.17, 15) is 23.2 Å². The third kappa shape index (κ3) is 4.22. The molecule has 0 aliphatic carbocycles. The quantitative estimate of drug-likeness (QED) is 0.625. The van der Waals surface area contributed by atoms with Crippen LogP contribution in [0.2, 0.25) is 0 Å². The summed E-state index contributed by atoms with van der Waals surface area (Å²) >= 11 is 1.21. The van der Waals surface area contributed by atoms with Crippen molar-refractivity contribution in [2.45, 2.75) is 39.3 Å². The lowest BCUT2D eigenvalue weighted by Crippen LogP contribution is -2.41. The van der Waals surface area contributed by atoms with Crippen LogP contribution in [0.25, 0.3) is 10.3 Å². The number of anilines is 2. The maximum Gasteiger partial charge on any atom is 0.333 e. The Hall–Kier alpha value is -3.08. The molecule has 4 rings (SSSR count). The second-order valence-corrected chi connectivity index (χ2v) is 8.35. The number of hydrogen-bond donors (Lipinski definition) is 1. The summed E-state index contributed by atoms with van der Waals surface area (Å²) in [5.74, 6) is -2.33. The summed E-state index contributed by atoms with van der Waals surface area (Å²) in [6, 6.07) is 2.65. The molecule has 0 spiro atoms. The molecule has 8 nitrogen and oxygen atoms in total. The van der Waals surface area contributed by atoms with Crippen molar-refractivity contribution in [3.63, 3.8) is 0 Å². The number of carbonyl (C=O) groups excluding carboxylic acids is 1. The average Bonchev–Trinajstić information content (AvgIpc) is 3.37. The predicted molar refractivity (Wildman–Crippen MR) is 115 cm³/mol. The largest absolute Gasteiger partial charge is 0.348 e. The van der Waals surface area contributed by atoms with Gasteiger partial charge in [-0.15, -0.1) is 0 Å². The fraction of sp³-hybridized carbons (Fsp3) is 0.400. The molecule has 164 valence electrons. The molecule has 31 heavy (non-hydrogen) atoms. The molecule has 0 bridgehead atoms. The fourth-order valence-corrected chi connectivity index (χ4v) is 4.72. The number of carbonyl (C=O) groups is 1. The first-order valence-electron chi connectivity index (χ1n) is 10.0. The molecule has 1 aliphatic heterocycles. The maximum atomic E-state index is 13.4. The molecule has 1 N–H and O–H groups in total. The van der Waals surface area contributed by atoms with Crippen molar-refractivity contribution in [2.75, 3.05) is 23.3 Å². The lowest BCUT2D eigenvalue weighted by Gasteiger charge is -2.12. The van der Waals surface area contributed by atoms with Crippen LogP contribution in [0.3, 0.4) is 0 Å². The monoisotopic (exact) mass is 449 g/mol. The van der Waals surface area contributed by atoms with Crippen LogP contribution < -0.4 is 21.5 Å². The standard InChI is InChI=1S/C20H21F2N5O3S/c1-2-5-26-18(29)16-17(24-19(31-16)25-6-3-4-7-25)27(20(26)30)11-15(28)23-14-9-12(21)8-13(22)10-14/h8-10H,2-7,11H2,1H3,(H,23,28). The minimum absolute atomic E-state index is 0.0651. The van der Waals surface area contributed by atoms with Crippen molar-refractivity contribution < 1.29 is 13.6 Å². The van der Waals surface area contributed by atoms with Crippen LogP contribution in [-0.4, -0.2) is 33.1 Å². The van der Waals surface area contributed by atoms with Crippen LogP contribution in [-0.2, 0) is 17.9 Å². The van der Waals surface area contributed by atoms with Gasteiger partial charge in [0.05, 0.1) is 0 Å². The average molecular weight is 449 g/mol. The highest BCUT2D eigenvalue weighted by Gasteiger charge is 2.23. The molecule has 3 heterocycles. The van der Waals surface area contributed by atoms with Gasteiger partial charge in [-0.1, -0.05) is 18.3 Å². The number of amides is 1. The lowest BCUT2D eigenvalue weighted by atomic mass is 10.3. The van der Waals surface area contributed by atoms with Gasteiger partial charge < -0.3 is 10.2 Å². The molecule has 11 heteroatoms. The zero-order valence-corrected chi connectivity index (χ0v) is 17.7. The summed E-state index contributed by atoms with van der Waals surface area (Å²) in [4.78, 5) is 45.0. The van der Waals surface area contributed by atoms with Gasteiger partial charge in [-0.25, -0.2) is 18.6 Å².